The minimum atomic E-state index is -4.38. The standard InChI is InChI=1S/C3H5N3O11/c7-1-2(8,16-5(12)13)3(9,4(10)11)17-6(14)15/h7-9H,1H2. The molecule has 0 radical (unpaired) electrons. The smallest absolute Gasteiger partial charge is 0.391 e. The van der Waals surface area contributed by atoms with E-state index in [9.17, 15) is 30.3 Å². The van der Waals surface area contributed by atoms with Crippen molar-refractivity contribution < 1.29 is 40.1 Å². The lowest BCUT2D eigenvalue weighted by Crippen LogP contribution is -2.65. The summed E-state index contributed by atoms with van der Waals surface area (Å²) in [6.45, 7) is -1.93. The van der Waals surface area contributed by atoms with E-state index in [4.69, 9.17) is 15.3 Å². The molecular formula is C3H5N3O11. The second kappa shape index (κ2) is 4.68. The van der Waals surface area contributed by atoms with Crippen LogP contribution in [0.15, 0.2) is 0 Å². The summed E-state index contributed by atoms with van der Waals surface area (Å²) in [6, 6.07) is 0. The van der Waals surface area contributed by atoms with Crippen molar-refractivity contribution in [2.24, 2.45) is 0 Å². The summed E-state index contributed by atoms with van der Waals surface area (Å²) in [4.78, 5) is 34.4. The van der Waals surface area contributed by atoms with Crippen molar-refractivity contribution in [3.8, 4) is 0 Å². The summed E-state index contributed by atoms with van der Waals surface area (Å²) >= 11 is 0. The average molecular weight is 259 g/mol. The van der Waals surface area contributed by atoms with Gasteiger partial charge in [0.05, 0.1) is 4.92 Å². The van der Waals surface area contributed by atoms with Crippen LogP contribution in [-0.2, 0) is 9.68 Å². The first-order valence-corrected chi connectivity index (χ1v) is 3.46. The first-order chi connectivity index (χ1) is 7.59. The zero-order valence-electron chi connectivity index (χ0n) is 7.66. The molecule has 0 aliphatic carbocycles. The van der Waals surface area contributed by atoms with Crippen LogP contribution in [0.2, 0.25) is 0 Å². The maximum absolute atomic E-state index is 10.3. The molecule has 0 aromatic rings. The van der Waals surface area contributed by atoms with Gasteiger partial charge in [-0.3, -0.25) is 15.0 Å². The largest absolute Gasteiger partial charge is 0.530 e. The van der Waals surface area contributed by atoms with E-state index in [-0.39, 0.29) is 0 Å². The molecule has 14 nitrogen and oxygen atoms in total. The molecular weight excluding hydrogens is 254 g/mol. The highest BCUT2D eigenvalue weighted by molar-refractivity contribution is 4.74. The fraction of sp³-hybridized carbons (Fsp3) is 1.00. The molecule has 98 valence electrons. The fourth-order valence-electron chi connectivity index (χ4n) is 0.666. The van der Waals surface area contributed by atoms with Gasteiger partial charge in [0, 0.05) is 0 Å². The van der Waals surface area contributed by atoms with E-state index in [1.165, 1.54) is 0 Å². The fourth-order valence-corrected chi connectivity index (χ4v) is 0.666. The van der Waals surface area contributed by atoms with Crippen molar-refractivity contribution in [3.63, 3.8) is 0 Å². The maximum Gasteiger partial charge on any atom is 0.530 e. The SMILES string of the molecule is O=[N+]([O-])OC(O)(CO)C(O)(O[N+](=O)[O-])[N+](=O)[O-]. The summed E-state index contributed by atoms with van der Waals surface area (Å²) in [5, 5.41) is 52.9. The number of nitro groups is 1. The number of rotatable bonds is 7. The Kier molecular flexibility index (Phi) is 4.04. The Morgan fingerprint density at radius 2 is 1.41 bits per heavy atom. The molecule has 0 aliphatic rings. The molecule has 0 bridgehead atoms. The minimum absolute atomic E-state index is 1.83. The van der Waals surface area contributed by atoms with Gasteiger partial charge in [0.25, 0.3) is 5.09 Å². The number of nitrogens with zero attached hydrogens (tertiary/aromatic N) is 3. The number of hydrogen-bond acceptors (Lipinski definition) is 11. The molecule has 17 heavy (non-hydrogen) atoms. The summed E-state index contributed by atoms with van der Waals surface area (Å²) in [6.07, 6.45) is 0. The molecule has 0 saturated heterocycles. The molecule has 0 fully saturated rings. The van der Waals surface area contributed by atoms with Gasteiger partial charge in [-0.05, 0) is 0 Å². The molecule has 3 N–H and O–H groups in total. The van der Waals surface area contributed by atoms with Crippen LogP contribution < -0.4 is 0 Å². The van der Waals surface area contributed by atoms with E-state index in [0.717, 1.165) is 0 Å². The quantitative estimate of drug-likeness (QED) is 0.238. The van der Waals surface area contributed by atoms with E-state index >= 15 is 0 Å². The third-order valence-corrected chi connectivity index (χ3v) is 1.40. The Morgan fingerprint density at radius 1 is 1.00 bits per heavy atom. The van der Waals surface area contributed by atoms with E-state index < -0.39 is 33.4 Å². The monoisotopic (exact) mass is 259 g/mol. The number of aliphatic hydroxyl groups excluding tert-OH is 1. The van der Waals surface area contributed by atoms with Gasteiger partial charge in [0.2, 0.25) is 0 Å². The van der Waals surface area contributed by atoms with Crippen molar-refractivity contribution in [2.45, 2.75) is 11.7 Å². The van der Waals surface area contributed by atoms with Crippen LogP contribution in [0.4, 0.5) is 0 Å². The van der Waals surface area contributed by atoms with Gasteiger partial charge >= 0.3 is 16.8 Å². The highest BCUT2D eigenvalue weighted by Crippen LogP contribution is 2.26. The van der Waals surface area contributed by atoms with Crippen molar-refractivity contribution in [1.82, 2.24) is 0 Å². The van der Waals surface area contributed by atoms with Gasteiger partial charge in [-0.25, -0.2) is 0 Å². The second-order valence-electron chi connectivity index (χ2n) is 2.44. The molecule has 0 aromatic carbocycles. The van der Waals surface area contributed by atoms with Gasteiger partial charge in [-0.15, -0.1) is 20.2 Å². The van der Waals surface area contributed by atoms with Crippen LogP contribution in [0.3, 0.4) is 0 Å². The Morgan fingerprint density at radius 3 is 1.65 bits per heavy atom. The average Bonchev–Trinajstić information content (AvgIpc) is 2.14. The first-order valence-electron chi connectivity index (χ1n) is 3.46. The van der Waals surface area contributed by atoms with E-state index in [2.05, 4.69) is 9.68 Å². The summed E-state index contributed by atoms with van der Waals surface area (Å²) in [5.41, 5.74) is 0. The third-order valence-electron chi connectivity index (χ3n) is 1.40. The summed E-state index contributed by atoms with van der Waals surface area (Å²) in [5.74, 6) is -8.36. The Balaban J connectivity index is 5.46. The van der Waals surface area contributed by atoms with Crippen LogP contribution in [0.25, 0.3) is 0 Å². The van der Waals surface area contributed by atoms with Crippen LogP contribution in [0.5, 0.6) is 0 Å². The topological polar surface area (TPSA) is 209 Å². The third kappa shape index (κ3) is 2.83. The molecule has 0 amide bonds. The van der Waals surface area contributed by atoms with E-state index in [1.54, 1.807) is 0 Å². The molecule has 0 rings (SSSR count). The van der Waals surface area contributed by atoms with Crippen molar-refractivity contribution >= 4 is 0 Å². The predicted octanol–water partition coefficient (Wildman–Crippen LogP) is -2.99. The molecule has 0 heterocycles. The number of aliphatic hydroxyl groups is 3. The van der Waals surface area contributed by atoms with Crippen LogP contribution in [0, 0.1) is 30.3 Å². The molecule has 0 aliphatic heterocycles. The highest BCUT2D eigenvalue weighted by atomic mass is 17.0. The molecule has 2 atom stereocenters. The van der Waals surface area contributed by atoms with Crippen LogP contribution >= 0.6 is 0 Å². The molecule has 14 heteroatoms. The van der Waals surface area contributed by atoms with E-state index in [1.807, 2.05) is 0 Å². The van der Waals surface area contributed by atoms with Gasteiger partial charge in [0.15, 0.2) is 0 Å². The lowest BCUT2D eigenvalue weighted by atomic mass is 10.2. The van der Waals surface area contributed by atoms with E-state index in [0.29, 0.717) is 0 Å². The van der Waals surface area contributed by atoms with Gasteiger partial charge < -0.3 is 15.3 Å². The van der Waals surface area contributed by atoms with Gasteiger partial charge in [0.1, 0.15) is 6.61 Å². The Labute approximate surface area is 89.9 Å². The Hall–Kier alpha value is -2.32. The van der Waals surface area contributed by atoms with Crippen molar-refractivity contribution in [3.05, 3.63) is 30.3 Å². The number of hydrogen-bond donors (Lipinski definition) is 3. The molecule has 0 aromatic heterocycles. The Bertz CT molecular complexity index is 343. The van der Waals surface area contributed by atoms with Gasteiger partial charge in [-0.2, -0.15) is 4.84 Å². The lowest BCUT2D eigenvalue weighted by Gasteiger charge is -2.29. The zero-order valence-corrected chi connectivity index (χ0v) is 7.66. The first kappa shape index (κ1) is 14.7. The second-order valence-corrected chi connectivity index (χ2v) is 2.44. The normalized spacial score (nSPS) is 17.4. The molecule has 0 spiro atoms. The maximum atomic E-state index is 10.3. The van der Waals surface area contributed by atoms with Crippen LogP contribution in [-0.4, -0.2) is 48.7 Å². The predicted molar refractivity (Wildman–Crippen MR) is 40.1 cm³/mol. The van der Waals surface area contributed by atoms with Gasteiger partial charge in [-0.1, -0.05) is 0 Å². The van der Waals surface area contributed by atoms with Crippen molar-refractivity contribution in [2.75, 3.05) is 6.61 Å². The summed E-state index contributed by atoms with van der Waals surface area (Å²) in [7, 11) is 0. The zero-order chi connectivity index (χ0) is 13.9. The molecule has 2 unspecified atom stereocenters. The molecule has 0 saturated carbocycles. The van der Waals surface area contributed by atoms with Crippen molar-refractivity contribution in [1.29, 1.82) is 0 Å². The van der Waals surface area contributed by atoms with Crippen LogP contribution in [0.1, 0.15) is 0 Å². The summed E-state index contributed by atoms with van der Waals surface area (Å²) < 4.78 is 0. The lowest BCUT2D eigenvalue weighted by molar-refractivity contribution is -0.923. The highest BCUT2D eigenvalue weighted by Gasteiger charge is 2.68. The minimum Gasteiger partial charge on any atom is -0.391 e.